The minimum absolute atomic E-state index is 0.0538. The lowest BCUT2D eigenvalue weighted by atomic mass is 9.73. The van der Waals surface area contributed by atoms with E-state index >= 15 is 0 Å². The van der Waals surface area contributed by atoms with Crippen molar-refractivity contribution in [1.29, 1.82) is 0 Å². The van der Waals surface area contributed by atoms with Crippen LogP contribution >= 0.6 is 0 Å². The number of nitrogens with one attached hydrogen (secondary N) is 1. The number of carbonyl (C=O) groups excluding carboxylic acids is 2. The molecule has 0 aliphatic carbocycles. The second-order valence-electron chi connectivity index (χ2n) is 8.40. The van der Waals surface area contributed by atoms with Gasteiger partial charge in [0.15, 0.2) is 0 Å². The van der Waals surface area contributed by atoms with Crippen molar-refractivity contribution in [2.24, 2.45) is 5.41 Å². The number of rotatable bonds is 7. The zero-order chi connectivity index (χ0) is 23.1. The Balaban J connectivity index is 1.68. The van der Waals surface area contributed by atoms with E-state index in [1.807, 2.05) is 30.5 Å². The van der Waals surface area contributed by atoms with Gasteiger partial charge in [-0.3, -0.25) is 19.6 Å². The first-order chi connectivity index (χ1) is 16.1. The Kier molecular flexibility index (Phi) is 6.93. The molecule has 2 amide bonds. The minimum atomic E-state index is -0.746. The highest BCUT2D eigenvalue weighted by molar-refractivity contribution is 5.93. The molecule has 3 aromatic rings. The van der Waals surface area contributed by atoms with Crippen LogP contribution in [0, 0.1) is 5.41 Å². The lowest BCUT2D eigenvalue weighted by molar-refractivity contribution is -0.133. The zero-order valence-electron chi connectivity index (χ0n) is 18.6. The van der Waals surface area contributed by atoms with Crippen LogP contribution in [0.4, 0.5) is 0 Å². The SMILES string of the molecule is C=CCNC(=O)C1(Cc2ccccc2-c2cccnc2)CCCN(C(=O)c2ccccn2)C1. The Morgan fingerprint density at radius 1 is 1.09 bits per heavy atom. The van der Waals surface area contributed by atoms with Crippen LogP contribution < -0.4 is 5.32 Å². The van der Waals surface area contributed by atoms with Gasteiger partial charge >= 0.3 is 0 Å². The van der Waals surface area contributed by atoms with E-state index in [-0.39, 0.29) is 11.8 Å². The fraction of sp³-hybridized carbons (Fsp3) is 0.259. The van der Waals surface area contributed by atoms with Crippen molar-refractivity contribution in [1.82, 2.24) is 20.2 Å². The van der Waals surface area contributed by atoms with Gasteiger partial charge in [-0.2, -0.15) is 0 Å². The molecule has 1 aliphatic heterocycles. The van der Waals surface area contributed by atoms with Gasteiger partial charge in [0.2, 0.25) is 5.91 Å². The molecule has 1 N–H and O–H groups in total. The molecular weight excluding hydrogens is 412 g/mol. The van der Waals surface area contributed by atoms with Crippen molar-refractivity contribution in [3.05, 3.63) is 97.1 Å². The molecule has 1 aromatic carbocycles. The van der Waals surface area contributed by atoms with E-state index in [1.54, 1.807) is 41.6 Å². The maximum Gasteiger partial charge on any atom is 0.272 e. The van der Waals surface area contributed by atoms with Crippen molar-refractivity contribution in [2.45, 2.75) is 19.3 Å². The van der Waals surface area contributed by atoms with Crippen LogP contribution in [0.3, 0.4) is 0 Å². The van der Waals surface area contributed by atoms with Crippen molar-refractivity contribution >= 4 is 11.8 Å². The number of carbonyl (C=O) groups is 2. The second-order valence-corrected chi connectivity index (χ2v) is 8.40. The molecule has 2 aromatic heterocycles. The third kappa shape index (κ3) is 5.00. The number of hydrogen-bond donors (Lipinski definition) is 1. The number of benzene rings is 1. The van der Waals surface area contributed by atoms with Crippen LogP contribution in [0.5, 0.6) is 0 Å². The minimum Gasteiger partial charge on any atom is -0.352 e. The van der Waals surface area contributed by atoms with Crippen molar-refractivity contribution < 1.29 is 9.59 Å². The fourth-order valence-corrected chi connectivity index (χ4v) is 4.56. The molecule has 0 spiro atoms. The summed E-state index contributed by atoms with van der Waals surface area (Å²) in [6.07, 6.45) is 8.84. The van der Waals surface area contributed by atoms with Gasteiger partial charge in [-0.15, -0.1) is 6.58 Å². The molecule has 0 radical (unpaired) electrons. The van der Waals surface area contributed by atoms with Gasteiger partial charge in [0.1, 0.15) is 5.69 Å². The number of pyridine rings is 2. The molecule has 0 bridgehead atoms. The van der Waals surface area contributed by atoms with Crippen LogP contribution in [0.15, 0.2) is 85.8 Å². The summed E-state index contributed by atoms with van der Waals surface area (Å²) in [6, 6.07) is 17.3. The maximum absolute atomic E-state index is 13.5. The Morgan fingerprint density at radius 3 is 2.70 bits per heavy atom. The average Bonchev–Trinajstić information content (AvgIpc) is 2.88. The smallest absolute Gasteiger partial charge is 0.272 e. The molecule has 3 heterocycles. The highest BCUT2D eigenvalue weighted by atomic mass is 16.2. The quantitative estimate of drug-likeness (QED) is 0.565. The third-order valence-corrected chi connectivity index (χ3v) is 6.16. The number of piperidine rings is 1. The first kappa shape index (κ1) is 22.4. The lowest BCUT2D eigenvalue weighted by Crippen LogP contribution is -2.54. The zero-order valence-corrected chi connectivity index (χ0v) is 18.6. The van der Waals surface area contributed by atoms with Crippen LogP contribution in [0.25, 0.3) is 11.1 Å². The van der Waals surface area contributed by atoms with Crippen LogP contribution in [-0.4, -0.2) is 46.3 Å². The summed E-state index contributed by atoms with van der Waals surface area (Å²) in [6.45, 7) is 5.06. The topological polar surface area (TPSA) is 75.2 Å². The van der Waals surface area contributed by atoms with Gasteiger partial charge in [0.25, 0.3) is 5.91 Å². The molecule has 1 unspecified atom stereocenters. The van der Waals surface area contributed by atoms with E-state index in [0.29, 0.717) is 38.2 Å². The molecule has 168 valence electrons. The Hall–Kier alpha value is -3.80. The number of nitrogens with zero attached hydrogens (tertiary/aromatic N) is 3. The van der Waals surface area contributed by atoms with Crippen LogP contribution in [0.2, 0.25) is 0 Å². The molecule has 1 fully saturated rings. The molecule has 0 saturated carbocycles. The molecule has 6 nitrogen and oxygen atoms in total. The Morgan fingerprint density at radius 2 is 1.94 bits per heavy atom. The molecule has 33 heavy (non-hydrogen) atoms. The van der Waals surface area contributed by atoms with Gasteiger partial charge in [0.05, 0.1) is 5.41 Å². The van der Waals surface area contributed by atoms with E-state index in [4.69, 9.17) is 0 Å². The van der Waals surface area contributed by atoms with Gasteiger partial charge in [-0.1, -0.05) is 42.5 Å². The first-order valence-electron chi connectivity index (χ1n) is 11.2. The number of aromatic nitrogens is 2. The lowest BCUT2D eigenvalue weighted by Gasteiger charge is -2.42. The summed E-state index contributed by atoms with van der Waals surface area (Å²) >= 11 is 0. The summed E-state index contributed by atoms with van der Waals surface area (Å²) < 4.78 is 0. The highest BCUT2D eigenvalue weighted by Gasteiger charge is 2.44. The van der Waals surface area contributed by atoms with E-state index in [9.17, 15) is 9.59 Å². The number of amides is 2. The van der Waals surface area contributed by atoms with Gasteiger partial charge in [-0.25, -0.2) is 0 Å². The molecule has 4 rings (SSSR count). The Bertz CT molecular complexity index is 1120. The standard InChI is InChI=1S/C27H28N4O2/c1-2-14-30-26(33)27(13-8-17-31(20-27)25(32)24-12-5-6-16-29-24)18-21-9-3-4-11-23(21)22-10-7-15-28-19-22/h2-7,9-12,15-16,19H,1,8,13-14,17-18,20H2,(H,30,33). The average molecular weight is 441 g/mol. The first-order valence-corrected chi connectivity index (χ1v) is 11.2. The fourth-order valence-electron chi connectivity index (χ4n) is 4.56. The van der Waals surface area contributed by atoms with Crippen LogP contribution in [-0.2, 0) is 11.2 Å². The maximum atomic E-state index is 13.5. The molecule has 6 heteroatoms. The summed E-state index contributed by atoms with van der Waals surface area (Å²) in [7, 11) is 0. The van der Waals surface area contributed by atoms with E-state index < -0.39 is 5.41 Å². The normalized spacial score (nSPS) is 17.9. The monoisotopic (exact) mass is 440 g/mol. The summed E-state index contributed by atoms with van der Waals surface area (Å²) in [5.74, 6) is -0.196. The van der Waals surface area contributed by atoms with Gasteiger partial charge < -0.3 is 10.2 Å². The van der Waals surface area contributed by atoms with E-state index in [0.717, 1.165) is 23.1 Å². The Labute approximate surface area is 194 Å². The molecule has 1 atom stereocenters. The van der Waals surface area contributed by atoms with Crippen LogP contribution in [0.1, 0.15) is 28.9 Å². The van der Waals surface area contributed by atoms with Crippen molar-refractivity contribution in [3.8, 4) is 11.1 Å². The molecular formula is C27H28N4O2. The van der Waals surface area contributed by atoms with Gasteiger partial charge in [-0.05, 0) is 48.6 Å². The summed E-state index contributed by atoms with van der Waals surface area (Å²) in [5.41, 5.74) is 2.77. The predicted octanol–water partition coefficient (Wildman–Crippen LogP) is 3.91. The highest BCUT2D eigenvalue weighted by Crippen LogP contribution is 2.37. The number of likely N-dealkylation sites (tertiary alicyclic amines) is 1. The third-order valence-electron chi connectivity index (χ3n) is 6.16. The van der Waals surface area contributed by atoms with E-state index in [1.165, 1.54) is 0 Å². The van der Waals surface area contributed by atoms with E-state index in [2.05, 4.69) is 34.0 Å². The van der Waals surface area contributed by atoms with Crippen molar-refractivity contribution in [2.75, 3.05) is 19.6 Å². The number of hydrogen-bond acceptors (Lipinski definition) is 4. The largest absolute Gasteiger partial charge is 0.352 e. The summed E-state index contributed by atoms with van der Waals surface area (Å²) in [5, 5.41) is 3.00. The molecule has 1 aliphatic rings. The predicted molar refractivity (Wildman–Crippen MR) is 128 cm³/mol. The molecule has 1 saturated heterocycles. The summed E-state index contributed by atoms with van der Waals surface area (Å²) in [4.78, 5) is 36.9. The second kappa shape index (κ2) is 10.2. The van der Waals surface area contributed by atoms with Gasteiger partial charge in [0, 0.05) is 43.8 Å². The van der Waals surface area contributed by atoms with Crippen molar-refractivity contribution in [3.63, 3.8) is 0 Å².